The van der Waals surface area contributed by atoms with Gasteiger partial charge in [0.25, 0.3) is 0 Å². The standard InChI is InChI=1S/C13H19NO3/c1-2-7-14(11-5-6-11)12(15)9-3-4-10(8-9)13(16)17/h2,9-11H,1,3-8H2,(H,16,17)/t9-,10+/m1/s1. The van der Waals surface area contributed by atoms with Crippen molar-refractivity contribution in [3.63, 3.8) is 0 Å². The van der Waals surface area contributed by atoms with Crippen LogP contribution in [-0.2, 0) is 9.59 Å². The Hall–Kier alpha value is -1.32. The predicted molar refractivity (Wildman–Crippen MR) is 63.4 cm³/mol. The molecule has 94 valence electrons. The molecule has 4 heteroatoms. The fourth-order valence-electron chi connectivity index (χ4n) is 2.61. The molecule has 2 saturated carbocycles. The summed E-state index contributed by atoms with van der Waals surface area (Å²) in [6.45, 7) is 4.27. The first-order chi connectivity index (χ1) is 8.13. The molecule has 0 radical (unpaired) electrons. The van der Waals surface area contributed by atoms with Crippen molar-refractivity contribution in [1.29, 1.82) is 0 Å². The van der Waals surface area contributed by atoms with E-state index >= 15 is 0 Å². The van der Waals surface area contributed by atoms with Crippen LogP contribution in [0.4, 0.5) is 0 Å². The topological polar surface area (TPSA) is 57.6 Å². The highest BCUT2D eigenvalue weighted by Gasteiger charge is 2.39. The van der Waals surface area contributed by atoms with Crippen LogP contribution in [-0.4, -0.2) is 34.5 Å². The van der Waals surface area contributed by atoms with Crippen LogP contribution in [0.1, 0.15) is 32.1 Å². The molecule has 2 fully saturated rings. The Morgan fingerprint density at radius 1 is 1.24 bits per heavy atom. The summed E-state index contributed by atoms with van der Waals surface area (Å²) in [4.78, 5) is 25.0. The lowest BCUT2D eigenvalue weighted by atomic mass is 10.0. The van der Waals surface area contributed by atoms with Gasteiger partial charge in [-0.3, -0.25) is 9.59 Å². The van der Waals surface area contributed by atoms with Crippen molar-refractivity contribution in [3.8, 4) is 0 Å². The smallest absolute Gasteiger partial charge is 0.306 e. The van der Waals surface area contributed by atoms with Crippen LogP contribution in [0.15, 0.2) is 12.7 Å². The van der Waals surface area contributed by atoms with Crippen LogP contribution in [0.25, 0.3) is 0 Å². The number of nitrogens with zero attached hydrogens (tertiary/aromatic N) is 1. The molecular formula is C13H19NO3. The van der Waals surface area contributed by atoms with Crippen molar-refractivity contribution < 1.29 is 14.7 Å². The fraction of sp³-hybridized carbons (Fsp3) is 0.692. The summed E-state index contributed by atoms with van der Waals surface area (Å²) in [7, 11) is 0. The first-order valence-electron chi connectivity index (χ1n) is 6.27. The Labute approximate surface area is 101 Å². The average Bonchev–Trinajstić information content (AvgIpc) is 3.00. The van der Waals surface area contributed by atoms with Gasteiger partial charge in [-0.2, -0.15) is 0 Å². The molecular weight excluding hydrogens is 218 g/mol. The number of carbonyl (C=O) groups excluding carboxylic acids is 1. The van der Waals surface area contributed by atoms with E-state index in [9.17, 15) is 9.59 Å². The van der Waals surface area contributed by atoms with Crippen molar-refractivity contribution in [2.75, 3.05) is 6.54 Å². The van der Waals surface area contributed by atoms with Gasteiger partial charge in [0.2, 0.25) is 5.91 Å². The Balaban J connectivity index is 1.94. The van der Waals surface area contributed by atoms with Crippen molar-refractivity contribution in [1.82, 2.24) is 4.90 Å². The lowest BCUT2D eigenvalue weighted by Crippen LogP contribution is -2.37. The van der Waals surface area contributed by atoms with Gasteiger partial charge in [0.1, 0.15) is 0 Å². The Morgan fingerprint density at radius 2 is 1.88 bits per heavy atom. The maximum absolute atomic E-state index is 12.3. The molecule has 0 aromatic carbocycles. The highest BCUT2D eigenvalue weighted by atomic mass is 16.4. The van der Waals surface area contributed by atoms with Crippen LogP contribution in [0.3, 0.4) is 0 Å². The summed E-state index contributed by atoms with van der Waals surface area (Å²) in [6.07, 6.45) is 5.77. The minimum atomic E-state index is -0.762. The first kappa shape index (κ1) is 12.1. The molecule has 0 unspecified atom stereocenters. The van der Waals surface area contributed by atoms with Crippen molar-refractivity contribution in [2.45, 2.75) is 38.1 Å². The van der Waals surface area contributed by atoms with Gasteiger partial charge in [-0.25, -0.2) is 0 Å². The maximum Gasteiger partial charge on any atom is 0.306 e. The summed E-state index contributed by atoms with van der Waals surface area (Å²) in [5.41, 5.74) is 0. The van der Waals surface area contributed by atoms with E-state index in [1.807, 2.05) is 4.90 Å². The van der Waals surface area contributed by atoms with Crippen LogP contribution in [0.2, 0.25) is 0 Å². The molecule has 0 aromatic rings. The van der Waals surface area contributed by atoms with Gasteiger partial charge in [-0.1, -0.05) is 6.08 Å². The fourth-order valence-corrected chi connectivity index (χ4v) is 2.61. The summed E-state index contributed by atoms with van der Waals surface area (Å²) in [6, 6.07) is 0.379. The van der Waals surface area contributed by atoms with Gasteiger partial charge in [-0.05, 0) is 32.1 Å². The van der Waals surface area contributed by atoms with E-state index in [1.54, 1.807) is 6.08 Å². The average molecular weight is 237 g/mol. The summed E-state index contributed by atoms with van der Waals surface area (Å²) in [5, 5.41) is 8.94. The molecule has 0 aromatic heterocycles. The van der Waals surface area contributed by atoms with Gasteiger partial charge >= 0.3 is 5.97 Å². The third-order valence-corrected chi connectivity index (χ3v) is 3.73. The second kappa shape index (κ2) is 4.90. The van der Waals surface area contributed by atoms with Gasteiger partial charge in [0.05, 0.1) is 5.92 Å². The molecule has 17 heavy (non-hydrogen) atoms. The number of carbonyl (C=O) groups is 2. The summed E-state index contributed by atoms with van der Waals surface area (Å²) >= 11 is 0. The van der Waals surface area contributed by atoms with E-state index in [0.717, 1.165) is 19.3 Å². The molecule has 0 bridgehead atoms. The lowest BCUT2D eigenvalue weighted by Gasteiger charge is -2.24. The molecule has 2 aliphatic carbocycles. The zero-order valence-electron chi connectivity index (χ0n) is 9.97. The third-order valence-electron chi connectivity index (χ3n) is 3.73. The zero-order valence-corrected chi connectivity index (χ0v) is 9.97. The number of carboxylic acids is 1. The van der Waals surface area contributed by atoms with Crippen LogP contribution in [0.5, 0.6) is 0 Å². The molecule has 4 nitrogen and oxygen atoms in total. The van der Waals surface area contributed by atoms with Crippen molar-refractivity contribution in [2.24, 2.45) is 11.8 Å². The van der Waals surface area contributed by atoms with Gasteiger partial charge in [-0.15, -0.1) is 6.58 Å². The first-order valence-corrected chi connectivity index (χ1v) is 6.27. The van der Waals surface area contributed by atoms with E-state index in [-0.39, 0.29) is 17.7 Å². The number of aliphatic carboxylic acids is 1. The molecule has 2 rings (SSSR count). The molecule has 1 N–H and O–H groups in total. The van der Waals surface area contributed by atoms with Crippen LogP contribution >= 0.6 is 0 Å². The molecule has 0 aliphatic heterocycles. The van der Waals surface area contributed by atoms with E-state index in [4.69, 9.17) is 5.11 Å². The number of amides is 1. The predicted octanol–water partition coefficient (Wildman–Crippen LogP) is 1.66. The molecule has 0 spiro atoms. The summed E-state index contributed by atoms with van der Waals surface area (Å²) in [5.74, 6) is -1.04. The van der Waals surface area contributed by atoms with Gasteiger partial charge < -0.3 is 10.0 Å². The highest BCUT2D eigenvalue weighted by Crippen LogP contribution is 2.35. The van der Waals surface area contributed by atoms with Gasteiger partial charge in [0.15, 0.2) is 0 Å². The monoisotopic (exact) mass is 237 g/mol. The number of hydrogen-bond acceptors (Lipinski definition) is 2. The Bertz CT molecular complexity index is 336. The van der Waals surface area contributed by atoms with E-state index < -0.39 is 5.97 Å². The van der Waals surface area contributed by atoms with Crippen molar-refractivity contribution in [3.05, 3.63) is 12.7 Å². The van der Waals surface area contributed by atoms with Gasteiger partial charge in [0, 0.05) is 18.5 Å². The van der Waals surface area contributed by atoms with Crippen molar-refractivity contribution >= 4 is 11.9 Å². The molecule has 2 atom stereocenters. The van der Waals surface area contributed by atoms with E-state index in [0.29, 0.717) is 25.4 Å². The zero-order chi connectivity index (χ0) is 12.4. The number of rotatable bonds is 5. The van der Waals surface area contributed by atoms with E-state index in [2.05, 4.69) is 6.58 Å². The molecule has 0 saturated heterocycles. The Morgan fingerprint density at radius 3 is 2.35 bits per heavy atom. The van der Waals surface area contributed by atoms with Crippen LogP contribution < -0.4 is 0 Å². The largest absolute Gasteiger partial charge is 0.481 e. The third kappa shape index (κ3) is 2.68. The number of carboxylic acid groups (broad SMARTS) is 1. The maximum atomic E-state index is 12.3. The Kier molecular flexibility index (Phi) is 3.50. The summed E-state index contributed by atoms with van der Waals surface area (Å²) < 4.78 is 0. The SMILES string of the molecule is C=CCN(C(=O)[C@@H]1CC[C@H](C(=O)O)C1)C1CC1. The van der Waals surface area contributed by atoms with E-state index in [1.165, 1.54) is 0 Å². The lowest BCUT2D eigenvalue weighted by molar-refractivity contribution is -0.141. The number of hydrogen-bond donors (Lipinski definition) is 1. The normalized spacial score (nSPS) is 27.8. The quantitative estimate of drug-likeness (QED) is 0.740. The van der Waals surface area contributed by atoms with Crippen LogP contribution in [0, 0.1) is 11.8 Å². The molecule has 1 amide bonds. The molecule has 2 aliphatic rings. The highest BCUT2D eigenvalue weighted by molar-refractivity contribution is 5.81. The second-order valence-corrected chi connectivity index (χ2v) is 5.06. The minimum absolute atomic E-state index is 0.0864. The minimum Gasteiger partial charge on any atom is -0.481 e. The molecule has 0 heterocycles. The second-order valence-electron chi connectivity index (χ2n) is 5.06.